The van der Waals surface area contributed by atoms with Gasteiger partial charge in [-0.3, -0.25) is 4.79 Å². The van der Waals surface area contributed by atoms with E-state index in [1.165, 1.54) is 18.2 Å². The molecule has 5 nitrogen and oxygen atoms in total. The van der Waals surface area contributed by atoms with Crippen molar-refractivity contribution in [1.82, 2.24) is 0 Å². The number of carbonyl (C=O) groups excluding carboxylic acids is 1. The van der Waals surface area contributed by atoms with E-state index in [-0.39, 0.29) is 21.1 Å². The fourth-order valence-corrected chi connectivity index (χ4v) is 3.83. The Kier molecular flexibility index (Phi) is 3.33. The maximum absolute atomic E-state index is 12.8. The molecule has 22 heavy (non-hydrogen) atoms. The second kappa shape index (κ2) is 5.18. The molecule has 2 aromatic carbocycles. The maximum atomic E-state index is 12.8. The summed E-state index contributed by atoms with van der Waals surface area (Å²) >= 11 is 0. The Morgan fingerprint density at radius 3 is 2.09 bits per heavy atom. The van der Waals surface area contributed by atoms with Gasteiger partial charge in [0.05, 0.1) is 15.9 Å². The zero-order chi connectivity index (χ0) is 15.7. The van der Waals surface area contributed by atoms with E-state index in [2.05, 4.69) is 4.79 Å². The van der Waals surface area contributed by atoms with Gasteiger partial charge in [-0.2, -0.15) is 4.79 Å². The first-order chi connectivity index (χ1) is 10.6. The van der Waals surface area contributed by atoms with E-state index in [1.807, 2.05) is 0 Å². The molecule has 0 N–H and O–H groups in total. The molecular weight excluding hydrogens is 300 g/mol. The number of ketones is 1. The van der Waals surface area contributed by atoms with Gasteiger partial charge in [-0.05, 0) is 12.1 Å². The number of sulfone groups is 1. The van der Waals surface area contributed by atoms with Crippen LogP contribution in [-0.2, 0) is 9.84 Å². The van der Waals surface area contributed by atoms with Gasteiger partial charge in [-0.1, -0.05) is 42.5 Å². The van der Waals surface area contributed by atoms with Gasteiger partial charge < -0.3 is 5.53 Å². The number of carbonyl (C=O) groups is 1. The monoisotopic (exact) mass is 310 g/mol. The average Bonchev–Trinajstić information content (AvgIpc) is 2.56. The molecule has 0 saturated heterocycles. The predicted molar refractivity (Wildman–Crippen MR) is 81.0 cm³/mol. The number of hydrogen-bond acceptors (Lipinski definition) is 3. The van der Waals surface area contributed by atoms with Crippen LogP contribution in [-0.4, -0.2) is 24.7 Å². The van der Waals surface area contributed by atoms with Gasteiger partial charge in [0, 0.05) is 11.1 Å². The highest BCUT2D eigenvalue weighted by Gasteiger charge is 2.35. The normalized spacial score (nSPS) is 14.1. The van der Waals surface area contributed by atoms with E-state index in [0.717, 1.165) is 6.08 Å². The smallest absolute Gasteiger partial charge is 0.361 e. The summed E-state index contributed by atoms with van der Waals surface area (Å²) in [6, 6.07) is 14.3. The lowest BCUT2D eigenvalue weighted by Crippen LogP contribution is -2.22. The van der Waals surface area contributed by atoms with Gasteiger partial charge in [0.15, 0.2) is 0 Å². The lowest BCUT2D eigenvalue weighted by Gasteiger charge is -2.15. The molecule has 2 aromatic rings. The average molecular weight is 310 g/mol. The van der Waals surface area contributed by atoms with Gasteiger partial charge in [-0.25, -0.2) is 8.42 Å². The minimum atomic E-state index is -3.82. The summed E-state index contributed by atoms with van der Waals surface area (Å²) in [7, 11) is -3.82. The van der Waals surface area contributed by atoms with Crippen LogP contribution in [0.1, 0.15) is 15.9 Å². The molecule has 0 heterocycles. The summed E-state index contributed by atoms with van der Waals surface area (Å²) in [6.07, 6.45) is 1.10. The molecule has 0 unspecified atom stereocenters. The topological polar surface area (TPSA) is 87.6 Å². The highest BCUT2D eigenvalue weighted by atomic mass is 32.2. The molecule has 3 rings (SSSR count). The minimum absolute atomic E-state index is 0.0540. The van der Waals surface area contributed by atoms with Crippen LogP contribution >= 0.6 is 0 Å². The number of nitrogens with zero attached hydrogens (tertiary/aromatic N) is 2. The third kappa shape index (κ3) is 2.11. The van der Waals surface area contributed by atoms with E-state index in [1.54, 1.807) is 36.4 Å². The molecule has 0 atom stereocenters. The fourth-order valence-electron chi connectivity index (χ4n) is 2.32. The van der Waals surface area contributed by atoms with Gasteiger partial charge in [0.1, 0.15) is 0 Å². The van der Waals surface area contributed by atoms with Crippen molar-refractivity contribution in [2.45, 2.75) is 4.90 Å². The van der Waals surface area contributed by atoms with Crippen molar-refractivity contribution in [3.63, 3.8) is 0 Å². The largest absolute Gasteiger partial charge is 0.364 e. The zero-order valence-electron chi connectivity index (χ0n) is 11.3. The molecule has 0 spiro atoms. The fraction of sp³-hybridized carbons (Fsp3) is 0. The number of Topliss-reactive ketones (excluding diaryl/α,β-unsaturated/α-hetero) is 1. The second-order valence-corrected chi connectivity index (χ2v) is 6.60. The molecule has 6 heteroatoms. The molecule has 1 aliphatic carbocycles. The van der Waals surface area contributed by atoms with Crippen LogP contribution in [0.2, 0.25) is 0 Å². The highest BCUT2D eigenvalue weighted by Crippen LogP contribution is 2.33. The van der Waals surface area contributed by atoms with E-state index in [4.69, 9.17) is 5.53 Å². The van der Waals surface area contributed by atoms with Crippen molar-refractivity contribution < 1.29 is 18.0 Å². The standard InChI is InChI=1S/C16H10N2O3S/c17-18-14-10-15(12-8-4-5-9-13(12)16(14)19)22(20,21)11-6-2-1-3-7-11/h1-10H. The van der Waals surface area contributed by atoms with E-state index >= 15 is 0 Å². The quantitative estimate of drug-likeness (QED) is 0.630. The van der Waals surface area contributed by atoms with Crippen LogP contribution in [0.3, 0.4) is 0 Å². The van der Waals surface area contributed by atoms with Gasteiger partial charge in [-0.15, -0.1) is 0 Å². The third-order valence-corrected chi connectivity index (χ3v) is 5.20. The maximum Gasteiger partial charge on any atom is 0.364 e. The van der Waals surface area contributed by atoms with Crippen LogP contribution < -0.4 is 0 Å². The molecule has 1 aliphatic rings. The highest BCUT2D eigenvalue weighted by molar-refractivity contribution is 8.00. The number of rotatable bonds is 2. The lowest BCUT2D eigenvalue weighted by molar-refractivity contribution is -0.00437. The van der Waals surface area contributed by atoms with Crippen LogP contribution in [0, 0.1) is 0 Å². The molecule has 0 bridgehead atoms. The molecule has 0 amide bonds. The van der Waals surface area contributed by atoms with E-state index < -0.39 is 15.6 Å². The van der Waals surface area contributed by atoms with Crippen LogP contribution in [0.25, 0.3) is 10.4 Å². The first kappa shape index (κ1) is 14.1. The first-order valence-corrected chi connectivity index (χ1v) is 7.92. The van der Waals surface area contributed by atoms with E-state index in [9.17, 15) is 13.2 Å². The third-order valence-electron chi connectivity index (χ3n) is 3.39. The first-order valence-electron chi connectivity index (χ1n) is 6.43. The minimum Gasteiger partial charge on any atom is -0.361 e. The molecule has 0 aliphatic heterocycles. The number of hydrogen-bond donors (Lipinski definition) is 0. The summed E-state index contributed by atoms with van der Waals surface area (Å²) in [5.41, 5.74) is 9.18. The van der Waals surface area contributed by atoms with Crippen LogP contribution in [0.15, 0.2) is 65.6 Å². The van der Waals surface area contributed by atoms with E-state index in [0.29, 0.717) is 5.56 Å². The lowest BCUT2D eigenvalue weighted by atomic mass is 9.95. The Bertz CT molecular complexity index is 954. The molecule has 0 fully saturated rings. The molecule has 108 valence electrons. The van der Waals surface area contributed by atoms with Gasteiger partial charge in [0.25, 0.3) is 5.78 Å². The van der Waals surface area contributed by atoms with Crippen molar-refractivity contribution in [1.29, 1.82) is 0 Å². The van der Waals surface area contributed by atoms with Gasteiger partial charge in [0.2, 0.25) is 9.84 Å². The Balaban J connectivity index is 2.31. The number of fused-ring (bicyclic) bond motifs is 1. The van der Waals surface area contributed by atoms with Crippen molar-refractivity contribution in [2.75, 3.05) is 0 Å². The summed E-state index contributed by atoms with van der Waals surface area (Å²) in [5.74, 6) is -0.509. The van der Waals surface area contributed by atoms with Gasteiger partial charge >= 0.3 is 5.71 Å². The second-order valence-electron chi connectivity index (χ2n) is 4.69. The Morgan fingerprint density at radius 1 is 0.864 bits per heavy atom. The molecule has 0 radical (unpaired) electrons. The van der Waals surface area contributed by atoms with Crippen molar-refractivity contribution in [3.8, 4) is 0 Å². The number of benzene rings is 2. The van der Waals surface area contributed by atoms with Crippen molar-refractivity contribution in [2.24, 2.45) is 0 Å². The SMILES string of the molecule is [N-]=[N+]=C1C=C(S(=O)(=O)c2ccccc2)c2ccccc2C1=O. The Morgan fingerprint density at radius 2 is 1.45 bits per heavy atom. The zero-order valence-corrected chi connectivity index (χ0v) is 12.1. The summed E-state index contributed by atoms with van der Waals surface area (Å²) in [5, 5.41) is 0. The Hall–Kier alpha value is -2.82. The van der Waals surface area contributed by atoms with Crippen LogP contribution in [0.5, 0.6) is 0 Å². The predicted octanol–water partition coefficient (Wildman–Crippen LogP) is 2.37. The summed E-state index contributed by atoms with van der Waals surface area (Å²) in [6.45, 7) is 0. The summed E-state index contributed by atoms with van der Waals surface area (Å²) < 4.78 is 25.6. The number of allylic oxidation sites excluding steroid dienone is 1. The summed E-state index contributed by atoms with van der Waals surface area (Å²) in [4.78, 5) is 15.1. The van der Waals surface area contributed by atoms with Crippen molar-refractivity contribution in [3.05, 3.63) is 77.3 Å². The molecule has 0 saturated carbocycles. The molecular formula is C16H10N2O3S. The molecule has 0 aromatic heterocycles. The van der Waals surface area contributed by atoms with Crippen molar-refractivity contribution >= 4 is 26.2 Å². The van der Waals surface area contributed by atoms with Crippen LogP contribution in [0.4, 0.5) is 0 Å². The Labute approximate surface area is 127 Å².